The van der Waals surface area contributed by atoms with Gasteiger partial charge in [0.15, 0.2) is 5.58 Å². The topological polar surface area (TPSA) is 90.4 Å². The van der Waals surface area contributed by atoms with Crippen LogP contribution >= 0.6 is 0 Å². The van der Waals surface area contributed by atoms with E-state index in [4.69, 9.17) is 14.9 Å². The van der Waals surface area contributed by atoms with Gasteiger partial charge in [-0.2, -0.15) is 4.98 Å². The Morgan fingerprint density at radius 1 is 1.53 bits per heavy atom. The van der Waals surface area contributed by atoms with Crippen molar-refractivity contribution in [2.75, 3.05) is 24.2 Å². The van der Waals surface area contributed by atoms with E-state index in [0.717, 1.165) is 0 Å². The van der Waals surface area contributed by atoms with E-state index in [2.05, 4.69) is 10.3 Å². The van der Waals surface area contributed by atoms with Crippen LogP contribution in [0, 0.1) is 0 Å². The summed E-state index contributed by atoms with van der Waals surface area (Å²) in [6.07, 6.45) is 1.05. The van der Waals surface area contributed by atoms with Gasteiger partial charge in [0, 0.05) is 18.7 Å². The summed E-state index contributed by atoms with van der Waals surface area (Å²) in [5.41, 5.74) is 7.71. The van der Waals surface area contributed by atoms with Gasteiger partial charge in [-0.1, -0.05) is 0 Å². The van der Waals surface area contributed by atoms with Crippen molar-refractivity contribution in [1.82, 2.24) is 4.98 Å². The predicted molar refractivity (Wildman–Crippen MR) is 72.8 cm³/mol. The molecule has 0 aliphatic carbocycles. The third-order valence-electron chi connectivity index (χ3n) is 2.55. The van der Waals surface area contributed by atoms with Gasteiger partial charge in [-0.3, -0.25) is 4.79 Å². The second kappa shape index (κ2) is 6.08. The number of anilines is 2. The van der Waals surface area contributed by atoms with Crippen LogP contribution in [0.1, 0.15) is 19.8 Å². The molecule has 0 saturated heterocycles. The minimum atomic E-state index is -0.186. The van der Waals surface area contributed by atoms with Crippen LogP contribution in [0.3, 0.4) is 0 Å². The Balaban J connectivity index is 1.83. The molecule has 1 aromatic heterocycles. The molecule has 0 unspecified atom stereocenters. The molecule has 6 heteroatoms. The zero-order valence-electron chi connectivity index (χ0n) is 10.8. The number of carbonyl (C=O) groups is 1. The SMILES string of the molecule is CCOC(=O)CCCNc1nc2cc(N)ccc2o1. The minimum Gasteiger partial charge on any atom is -0.466 e. The van der Waals surface area contributed by atoms with Crippen LogP contribution in [-0.2, 0) is 9.53 Å². The van der Waals surface area contributed by atoms with Gasteiger partial charge in [0.1, 0.15) is 5.52 Å². The van der Waals surface area contributed by atoms with E-state index in [1.807, 2.05) is 0 Å². The fourth-order valence-electron chi connectivity index (χ4n) is 1.68. The first-order valence-electron chi connectivity index (χ1n) is 6.24. The third kappa shape index (κ3) is 3.61. The van der Waals surface area contributed by atoms with Crippen LogP contribution in [0.5, 0.6) is 0 Å². The number of nitrogens with zero attached hydrogens (tertiary/aromatic N) is 1. The Kier molecular flexibility index (Phi) is 4.22. The van der Waals surface area contributed by atoms with Crippen LogP contribution in [0.2, 0.25) is 0 Å². The summed E-state index contributed by atoms with van der Waals surface area (Å²) >= 11 is 0. The summed E-state index contributed by atoms with van der Waals surface area (Å²) in [5.74, 6) is -0.186. The first kappa shape index (κ1) is 13.2. The van der Waals surface area contributed by atoms with Crippen molar-refractivity contribution < 1.29 is 13.9 Å². The van der Waals surface area contributed by atoms with Crippen LogP contribution in [0.15, 0.2) is 22.6 Å². The molecule has 1 heterocycles. The highest BCUT2D eigenvalue weighted by Gasteiger charge is 2.06. The standard InChI is InChI=1S/C13H17N3O3/c1-2-18-12(17)4-3-7-15-13-16-10-8-9(14)5-6-11(10)19-13/h5-6,8H,2-4,7,14H2,1H3,(H,15,16). The summed E-state index contributed by atoms with van der Waals surface area (Å²) in [4.78, 5) is 15.4. The van der Waals surface area contributed by atoms with E-state index in [9.17, 15) is 4.79 Å². The average molecular weight is 263 g/mol. The van der Waals surface area contributed by atoms with Gasteiger partial charge in [-0.15, -0.1) is 0 Å². The van der Waals surface area contributed by atoms with Crippen molar-refractivity contribution in [1.29, 1.82) is 0 Å². The van der Waals surface area contributed by atoms with E-state index < -0.39 is 0 Å². The molecule has 0 spiro atoms. The molecule has 0 radical (unpaired) electrons. The van der Waals surface area contributed by atoms with E-state index in [0.29, 0.717) is 48.8 Å². The number of nitrogen functional groups attached to an aromatic ring is 1. The number of rotatable bonds is 6. The lowest BCUT2D eigenvalue weighted by molar-refractivity contribution is -0.143. The first-order valence-corrected chi connectivity index (χ1v) is 6.24. The molecule has 0 amide bonds. The molecule has 1 aromatic carbocycles. The minimum absolute atomic E-state index is 0.186. The highest BCUT2D eigenvalue weighted by Crippen LogP contribution is 2.20. The van der Waals surface area contributed by atoms with E-state index in [1.54, 1.807) is 25.1 Å². The largest absolute Gasteiger partial charge is 0.466 e. The lowest BCUT2D eigenvalue weighted by Crippen LogP contribution is -2.08. The zero-order chi connectivity index (χ0) is 13.7. The molecule has 6 nitrogen and oxygen atoms in total. The van der Waals surface area contributed by atoms with Crippen LogP contribution in [-0.4, -0.2) is 24.1 Å². The number of hydrogen-bond donors (Lipinski definition) is 2. The van der Waals surface area contributed by atoms with Crippen molar-refractivity contribution >= 4 is 28.8 Å². The number of aromatic nitrogens is 1. The number of fused-ring (bicyclic) bond motifs is 1. The average Bonchev–Trinajstić information content (AvgIpc) is 2.77. The van der Waals surface area contributed by atoms with Gasteiger partial charge in [-0.25, -0.2) is 0 Å². The van der Waals surface area contributed by atoms with Gasteiger partial charge < -0.3 is 20.2 Å². The monoisotopic (exact) mass is 263 g/mol. The second-order valence-electron chi connectivity index (χ2n) is 4.08. The fourth-order valence-corrected chi connectivity index (χ4v) is 1.68. The lowest BCUT2D eigenvalue weighted by Gasteiger charge is -2.02. The van der Waals surface area contributed by atoms with Crippen molar-refractivity contribution in [2.24, 2.45) is 0 Å². The summed E-state index contributed by atoms with van der Waals surface area (Å²) in [5, 5.41) is 3.02. The van der Waals surface area contributed by atoms with Crippen LogP contribution in [0.4, 0.5) is 11.7 Å². The van der Waals surface area contributed by atoms with Gasteiger partial charge in [0.25, 0.3) is 6.01 Å². The molecule has 19 heavy (non-hydrogen) atoms. The van der Waals surface area contributed by atoms with Crippen molar-refractivity contribution in [3.8, 4) is 0 Å². The second-order valence-corrected chi connectivity index (χ2v) is 4.08. The first-order chi connectivity index (χ1) is 9.19. The number of esters is 1. The Labute approximate surface area is 110 Å². The number of nitrogens with one attached hydrogen (secondary N) is 1. The molecule has 0 saturated carbocycles. The Bertz CT molecular complexity index is 565. The van der Waals surface area contributed by atoms with Crippen molar-refractivity contribution in [3.63, 3.8) is 0 Å². The summed E-state index contributed by atoms with van der Waals surface area (Å²) in [7, 11) is 0. The Hall–Kier alpha value is -2.24. The van der Waals surface area contributed by atoms with E-state index >= 15 is 0 Å². The maximum absolute atomic E-state index is 11.1. The molecular weight excluding hydrogens is 246 g/mol. The highest BCUT2D eigenvalue weighted by molar-refractivity contribution is 5.78. The zero-order valence-corrected chi connectivity index (χ0v) is 10.8. The van der Waals surface area contributed by atoms with Crippen LogP contribution in [0.25, 0.3) is 11.1 Å². The molecule has 2 aromatic rings. The van der Waals surface area contributed by atoms with Gasteiger partial charge in [0.2, 0.25) is 0 Å². The van der Waals surface area contributed by atoms with Crippen molar-refractivity contribution in [3.05, 3.63) is 18.2 Å². The molecule has 102 valence electrons. The van der Waals surface area contributed by atoms with E-state index in [-0.39, 0.29) is 5.97 Å². The molecule has 0 atom stereocenters. The van der Waals surface area contributed by atoms with Gasteiger partial charge in [0.05, 0.1) is 6.61 Å². The highest BCUT2D eigenvalue weighted by atomic mass is 16.5. The summed E-state index contributed by atoms with van der Waals surface area (Å²) < 4.78 is 10.3. The lowest BCUT2D eigenvalue weighted by atomic mass is 10.3. The van der Waals surface area contributed by atoms with E-state index in [1.165, 1.54) is 0 Å². The van der Waals surface area contributed by atoms with Crippen LogP contribution < -0.4 is 11.1 Å². The summed E-state index contributed by atoms with van der Waals surface area (Å²) in [6, 6.07) is 5.73. The maximum atomic E-state index is 11.1. The normalized spacial score (nSPS) is 10.6. The molecule has 2 rings (SSSR count). The number of ether oxygens (including phenoxy) is 1. The number of oxazole rings is 1. The molecule has 0 aliphatic heterocycles. The van der Waals surface area contributed by atoms with Gasteiger partial charge in [-0.05, 0) is 31.5 Å². The number of nitrogens with two attached hydrogens (primary N) is 1. The molecule has 0 bridgehead atoms. The molecule has 0 aliphatic rings. The number of benzene rings is 1. The Morgan fingerprint density at radius 3 is 3.16 bits per heavy atom. The maximum Gasteiger partial charge on any atom is 0.305 e. The van der Waals surface area contributed by atoms with Crippen molar-refractivity contribution in [2.45, 2.75) is 19.8 Å². The molecule has 3 N–H and O–H groups in total. The smallest absolute Gasteiger partial charge is 0.305 e. The number of hydrogen-bond acceptors (Lipinski definition) is 6. The Morgan fingerprint density at radius 2 is 2.37 bits per heavy atom. The summed E-state index contributed by atoms with van der Waals surface area (Å²) in [6.45, 7) is 2.81. The number of carbonyl (C=O) groups excluding carboxylic acids is 1. The molecular formula is C13H17N3O3. The van der Waals surface area contributed by atoms with Gasteiger partial charge >= 0.3 is 5.97 Å². The molecule has 0 fully saturated rings. The predicted octanol–water partition coefficient (Wildman–Crippen LogP) is 2.17. The third-order valence-corrected chi connectivity index (χ3v) is 2.55. The fraction of sp³-hybridized carbons (Fsp3) is 0.385. The quantitative estimate of drug-likeness (QED) is 0.471.